The molecular weight excluding hydrogens is 197 g/mol. The van der Waals surface area contributed by atoms with Crippen molar-refractivity contribution in [3.63, 3.8) is 0 Å². The Hall–Kier alpha value is -0.410. The average molecular weight is 213 g/mol. The van der Waals surface area contributed by atoms with Crippen LogP contribution in [0.3, 0.4) is 0 Å². The Labute approximate surface area is 88.3 Å². The summed E-state index contributed by atoms with van der Waals surface area (Å²) in [6.45, 7) is 4.60. The van der Waals surface area contributed by atoms with Crippen molar-refractivity contribution in [3.8, 4) is 0 Å². The second-order valence-electron chi connectivity index (χ2n) is 4.20. The highest BCUT2D eigenvalue weighted by Crippen LogP contribution is 2.37. The van der Waals surface area contributed by atoms with E-state index in [0.29, 0.717) is 19.0 Å². The summed E-state index contributed by atoms with van der Waals surface area (Å²) in [5, 5.41) is 3.21. The maximum atomic E-state index is 14.4. The van der Waals surface area contributed by atoms with Gasteiger partial charge in [0.2, 0.25) is 0 Å². The van der Waals surface area contributed by atoms with Gasteiger partial charge in [-0.3, -0.25) is 0 Å². The minimum Gasteiger partial charge on any atom is -0.311 e. The zero-order chi connectivity index (χ0) is 10.2. The summed E-state index contributed by atoms with van der Waals surface area (Å²) in [7, 11) is 0. The van der Waals surface area contributed by atoms with E-state index in [1.165, 1.54) is 4.88 Å². The monoisotopic (exact) mass is 213 g/mol. The number of piperidine rings is 1. The molecule has 0 aliphatic carbocycles. The van der Waals surface area contributed by atoms with Crippen molar-refractivity contribution in [2.75, 3.05) is 6.54 Å². The van der Waals surface area contributed by atoms with Crippen LogP contribution in [-0.4, -0.2) is 12.6 Å². The van der Waals surface area contributed by atoms with Gasteiger partial charge in [0.1, 0.15) is 0 Å². The predicted molar refractivity (Wildman–Crippen MR) is 58.5 cm³/mol. The average Bonchev–Trinajstić information content (AvgIpc) is 2.58. The molecule has 0 aromatic carbocycles. The smallest absolute Gasteiger partial charge is 0.157 e. The minimum absolute atomic E-state index is 0.458. The standard InChI is InChI=1S/C11H16FNS/c1-8-5-6-11(12,7-13-8)10-4-3-9(2)14-10/h3-4,8,13H,5-7H2,1-2H3. The Morgan fingerprint density at radius 3 is 2.86 bits per heavy atom. The molecule has 1 aromatic rings. The Morgan fingerprint density at radius 1 is 1.57 bits per heavy atom. The number of aryl methyl sites for hydroxylation is 1. The van der Waals surface area contributed by atoms with Gasteiger partial charge in [0.25, 0.3) is 0 Å². The third-order valence-electron chi connectivity index (χ3n) is 2.89. The zero-order valence-electron chi connectivity index (χ0n) is 8.64. The number of rotatable bonds is 1. The van der Waals surface area contributed by atoms with Gasteiger partial charge in [-0.15, -0.1) is 11.3 Å². The van der Waals surface area contributed by atoms with Gasteiger partial charge in [-0.2, -0.15) is 0 Å². The van der Waals surface area contributed by atoms with Crippen LogP contribution in [-0.2, 0) is 5.67 Å². The maximum absolute atomic E-state index is 14.4. The molecule has 1 aromatic heterocycles. The van der Waals surface area contributed by atoms with Gasteiger partial charge in [0.15, 0.2) is 5.67 Å². The lowest BCUT2D eigenvalue weighted by atomic mass is 9.91. The quantitative estimate of drug-likeness (QED) is 0.756. The third kappa shape index (κ3) is 1.84. The van der Waals surface area contributed by atoms with Gasteiger partial charge in [0, 0.05) is 22.3 Å². The lowest BCUT2D eigenvalue weighted by Crippen LogP contribution is -2.44. The molecule has 1 saturated heterocycles. The van der Waals surface area contributed by atoms with E-state index in [1.54, 1.807) is 11.3 Å². The molecule has 0 saturated carbocycles. The molecule has 1 aliphatic heterocycles. The summed E-state index contributed by atoms with van der Waals surface area (Å²) in [6.07, 6.45) is 1.58. The fourth-order valence-corrected chi connectivity index (χ4v) is 2.83. The molecular formula is C11H16FNS. The molecule has 1 fully saturated rings. The molecule has 2 rings (SSSR count). The van der Waals surface area contributed by atoms with Crippen LogP contribution in [0.1, 0.15) is 29.5 Å². The highest BCUT2D eigenvalue weighted by molar-refractivity contribution is 7.12. The molecule has 3 heteroatoms. The highest BCUT2D eigenvalue weighted by atomic mass is 32.1. The predicted octanol–water partition coefficient (Wildman–Crippen LogP) is 2.99. The van der Waals surface area contributed by atoms with Crippen LogP contribution in [0.25, 0.3) is 0 Å². The van der Waals surface area contributed by atoms with E-state index in [0.717, 1.165) is 11.3 Å². The van der Waals surface area contributed by atoms with Crippen LogP contribution in [0, 0.1) is 6.92 Å². The first-order valence-corrected chi connectivity index (χ1v) is 5.91. The topological polar surface area (TPSA) is 12.0 Å². The first-order valence-electron chi connectivity index (χ1n) is 5.09. The Kier molecular flexibility index (Phi) is 2.62. The van der Waals surface area contributed by atoms with Crippen LogP contribution in [0.15, 0.2) is 12.1 Å². The van der Waals surface area contributed by atoms with Crippen LogP contribution in [0.5, 0.6) is 0 Å². The number of alkyl halides is 1. The van der Waals surface area contributed by atoms with Crippen molar-refractivity contribution in [1.82, 2.24) is 5.32 Å². The van der Waals surface area contributed by atoms with Crippen LogP contribution in [0.4, 0.5) is 4.39 Å². The molecule has 0 amide bonds. The lowest BCUT2D eigenvalue weighted by Gasteiger charge is -2.32. The molecule has 14 heavy (non-hydrogen) atoms. The van der Waals surface area contributed by atoms with E-state index >= 15 is 0 Å². The van der Waals surface area contributed by atoms with E-state index in [-0.39, 0.29) is 0 Å². The molecule has 2 heterocycles. The Morgan fingerprint density at radius 2 is 2.36 bits per heavy atom. The van der Waals surface area contributed by atoms with Gasteiger partial charge in [0.05, 0.1) is 0 Å². The van der Waals surface area contributed by atoms with Gasteiger partial charge < -0.3 is 5.32 Å². The van der Waals surface area contributed by atoms with E-state index in [2.05, 4.69) is 12.2 Å². The molecule has 1 N–H and O–H groups in total. The molecule has 0 radical (unpaired) electrons. The molecule has 1 aliphatic rings. The van der Waals surface area contributed by atoms with Crippen LogP contribution < -0.4 is 5.32 Å². The van der Waals surface area contributed by atoms with Crippen LogP contribution in [0.2, 0.25) is 0 Å². The maximum Gasteiger partial charge on any atom is 0.157 e. The number of hydrogen-bond donors (Lipinski definition) is 1. The van der Waals surface area contributed by atoms with E-state index in [4.69, 9.17) is 0 Å². The molecule has 2 unspecified atom stereocenters. The number of thiophene rings is 1. The number of halogens is 1. The van der Waals surface area contributed by atoms with Crippen molar-refractivity contribution in [3.05, 3.63) is 21.9 Å². The summed E-state index contributed by atoms with van der Waals surface area (Å²) in [5.41, 5.74) is -1.12. The summed E-state index contributed by atoms with van der Waals surface area (Å²) in [4.78, 5) is 2.07. The van der Waals surface area contributed by atoms with E-state index in [1.807, 2.05) is 19.1 Å². The second-order valence-corrected chi connectivity index (χ2v) is 5.48. The van der Waals surface area contributed by atoms with Crippen molar-refractivity contribution in [2.45, 2.75) is 38.4 Å². The van der Waals surface area contributed by atoms with Crippen molar-refractivity contribution < 1.29 is 4.39 Å². The SMILES string of the molecule is Cc1ccc(C2(F)CCC(C)NC2)s1. The summed E-state index contributed by atoms with van der Waals surface area (Å²) in [6, 6.07) is 4.39. The zero-order valence-corrected chi connectivity index (χ0v) is 9.46. The largest absolute Gasteiger partial charge is 0.311 e. The fraction of sp³-hybridized carbons (Fsp3) is 0.636. The Bertz CT molecular complexity index is 313. The van der Waals surface area contributed by atoms with Crippen molar-refractivity contribution in [2.24, 2.45) is 0 Å². The summed E-state index contributed by atoms with van der Waals surface area (Å²) < 4.78 is 14.4. The molecule has 1 nitrogen and oxygen atoms in total. The fourth-order valence-electron chi connectivity index (χ4n) is 1.86. The van der Waals surface area contributed by atoms with E-state index < -0.39 is 5.67 Å². The molecule has 78 valence electrons. The van der Waals surface area contributed by atoms with E-state index in [9.17, 15) is 4.39 Å². The summed E-state index contributed by atoms with van der Waals surface area (Å²) in [5.74, 6) is 0. The number of hydrogen-bond acceptors (Lipinski definition) is 2. The summed E-state index contributed by atoms with van der Waals surface area (Å²) >= 11 is 1.58. The van der Waals surface area contributed by atoms with Crippen molar-refractivity contribution in [1.29, 1.82) is 0 Å². The lowest BCUT2D eigenvalue weighted by molar-refractivity contribution is 0.110. The van der Waals surface area contributed by atoms with Crippen molar-refractivity contribution >= 4 is 11.3 Å². The van der Waals surface area contributed by atoms with Gasteiger partial charge in [-0.25, -0.2) is 4.39 Å². The van der Waals surface area contributed by atoms with Gasteiger partial charge in [-0.1, -0.05) is 0 Å². The Balaban J connectivity index is 2.16. The normalized spacial score (nSPS) is 33.2. The van der Waals surface area contributed by atoms with Gasteiger partial charge in [-0.05, 0) is 38.8 Å². The highest BCUT2D eigenvalue weighted by Gasteiger charge is 2.36. The molecule has 2 atom stereocenters. The minimum atomic E-state index is -1.12. The first kappa shape index (κ1) is 10.1. The third-order valence-corrected chi connectivity index (χ3v) is 4.07. The second kappa shape index (κ2) is 3.63. The first-order chi connectivity index (χ1) is 6.60. The molecule has 0 spiro atoms. The molecule has 0 bridgehead atoms. The number of nitrogens with one attached hydrogen (secondary N) is 1. The van der Waals surface area contributed by atoms with Crippen LogP contribution >= 0.6 is 11.3 Å². The van der Waals surface area contributed by atoms with Gasteiger partial charge >= 0.3 is 0 Å².